The largest absolute Gasteiger partial charge is 0.390 e. The summed E-state index contributed by atoms with van der Waals surface area (Å²) in [6.45, 7) is 5.42. The first-order valence-electron chi connectivity index (χ1n) is 9.10. The number of carbonyl (C=O) groups is 1. The number of fused-ring (bicyclic) bond motifs is 2. The average molecular weight is 387 g/mol. The Morgan fingerprint density at radius 3 is 2.52 bits per heavy atom. The Hall–Kier alpha value is 0.290. The molecule has 0 aromatic heterocycles. The molecule has 0 spiro atoms. The van der Waals surface area contributed by atoms with Crippen LogP contribution in [0.1, 0.15) is 32.6 Å². The Kier molecular flexibility index (Phi) is 4.39. The lowest BCUT2D eigenvalue weighted by Gasteiger charge is -2.43. The second-order valence-electron chi connectivity index (χ2n) is 9.12. The van der Waals surface area contributed by atoms with Crippen molar-refractivity contribution >= 4 is 24.6 Å². The lowest BCUT2D eigenvalue weighted by atomic mass is 9.83. The van der Waals surface area contributed by atoms with Gasteiger partial charge in [0.1, 0.15) is 5.78 Å². The highest BCUT2D eigenvalue weighted by Gasteiger charge is 2.66. The molecule has 2 aliphatic carbocycles. The fraction of sp³-hybridized carbons (Fsp3) is 0.938. The third-order valence-corrected chi connectivity index (χ3v) is 7.72. The number of carbonyl (C=O) groups excluding carboxylic acids is 1. The Morgan fingerprint density at radius 1 is 1.12 bits per heavy atom. The zero-order valence-electron chi connectivity index (χ0n) is 15.1. The van der Waals surface area contributed by atoms with Crippen molar-refractivity contribution in [2.24, 2.45) is 5.92 Å². The Labute approximate surface area is 154 Å². The molecule has 4 rings (SSSR count). The minimum atomic E-state index is -0.700. The third kappa shape index (κ3) is 2.83. The van der Waals surface area contributed by atoms with Crippen molar-refractivity contribution in [3.63, 3.8) is 0 Å². The van der Waals surface area contributed by atoms with Crippen LogP contribution in [0.4, 0.5) is 0 Å². The maximum atomic E-state index is 12.1. The summed E-state index contributed by atoms with van der Waals surface area (Å²) in [5.41, 5.74) is 5.93. The quantitative estimate of drug-likeness (QED) is 0.374. The molecule has 2 heterocycles. The number of nitrogens with zero attached hydrogens (tertiary/aromatic N) is 2. The normalized spacial score (nSPS) is 50.6. The van der Waals surface area contributed by atoms with Gasteiger partial charge in [-0.2, -0.15) is 0 Å². The van der Waals surface area contributed by atoms with E-state index < -0.39 is 5.60 Å². The first kappa shape index (κ1) is 18.6. The molecule has 4 fully saturated rings. The molecule has 2 aliphatic heterocycles. The van der Waals surface area contributed by atoms with E-state index in [2.05, 4.69) is 44.3 Å². The number of hydrogen-bond donors (Lipinski definition) is 4. The van der Waals surface area contributed by atoms with Crippen molar-refractivity contribution in [3.05, 3.63) is 0 Å². The average Bonchev–Trinajstić information content (AvgIpc) is 3.07. The van der Waals surface area contributed by atoms with Crippen molar-refractivity contribution < 1.29 is 9.90 Å². The minimum absolute atomic E-state index is 0.195. The highest BCUT2D eigenvalue weighted by molar-refractivity contribution is 7.13. The van der Waals surface area contributed by atoms with Crippen LogP contribution in [0, 0.1) is 5.92 Å². The number of hydrogen-bond acceptors (Lipinski definition) is 7. The monoisotopic (exact) mass is 387 g/mol. The topological polar surface area (TPSA) is 79.9 Å². The molecular weight excluding hydrogens is 356 g/mol. The van der Waals surface area contributed by atoms with Gasteiger partial charge in [-0.15, -0.1) is 0 Å². The van der Waals surface area contributed by atoms with Crippen LogP contribution in [0.5, 0.6) is 0 Å². The van der Waals surface area contributed by atoms with Crippen LogP contribution in [0.2, 0.25) is 0 Å². The van der Waals surface area contributed by atoms with Gasteiger partial charge in [0.15, 0.2) is 0 Å². The number of likely N-dealkylation sites (N-methyl/N-ethyl adjacent to an activating group) is 1. The van der Waals surface area contributed by atoms with Crippen LogP contribution < -0.4 is 16.2 Å². The van der Waals surface area contributed by atoms with Gasteiger partial charge in [0.05, 0.1) is 22.2 Å². The molecule has 7 atom stereocenters. The van der Waals surface area contributed by atoms with Gasteiger partial charge in [0.25, 0.3) is 0 Å². The molecule has 0 aromatic rings. The SMILES string of the molecule is CN[C@]12CN(P)C[C@@]1(NN[C@@]13CC(=O)C[C@@H]1CN(P)C3)C[C@@](C)(O)C2. The zero-order valence-corrected chi connectivity index (χ0v) is 17.4. The number of Topliss-reactive ketones (excluding diaryl/α,β-unsaturated/α-hetero) is 1. The maximum absolute atomic E-state index is 12.1. The molecule has 25 heavy (non-hydrogen) atoms. The van der Waals surface area contributed by atoms with Gasteiger partial charge in [-0.25, -0.2) is 10.9 Å². The number of aliphatic hydroxyl groups is 1. The molecule has 9 heteroatoms. The molecule has 2 saturated heterocycles. The van der Waals surface area contributed by atoms with Crippen molar-refractivity contribution in [1.29, 1.82) is 0 Å². The van der Waals surface area contributed by atoms with Crippen LogP contribution in [-0.2, 0) is 4.79 Å². The van der Waals surface area contributed by atoms with Gasteiger partial charge in [0.2, 0.25) is 0 Å². The van der Waals surface area contributed by atoms with Gasteiger partial charge in [0, 0.05) is 39.0 Å². The summed E-state index contributed by atoms with van der Waals surface area (Å²) in [7, 11) is 7.58. The van der Waals surface area contributed by atoms with Gasteiger partial charge >= 0.3 is 0 Å². The van der Waals surface area contributed by atoms with E-state index in [0.717, 1.165) is 26.2 Å². The van der Waals surface area contributed by atoms with E-state index in [0.29, 0.717) is 37.4 Å². The number of nitrogens with one attached hydrogen (secondary N) is 3. The van der Waals surface area contributed by atoms with Crippen LogP contribution in [0.3, 0.4) is 0 Å². The molecule has 2 saturated carbocycles. The van der Waals surface area contributed by atoms with Crippen molar-refractivity contribution in [1.82, 2.24) is 25.5 Å². The number of hydrazine groups is 1. The Morgan fingerprint density at radius 2 is 1.80 bits per heavy atom. The van der Waals surface area contributed by atoms with E-state index in [1.165, 1.54) is 0 Å². The molecule has 142 valence electrons. The van der Waals surface area contributed by atoms with Gasteiger partial charge in [-0.05, 0) is 32.7 Å². The van der Waals surface area contributed by atoms with Gasteiger partial charge < -0.3 is 10.4 Å². The van der Waals surface area contributed by atoms with E-state index in [1.54, 1.807) is 0 Å². The highest BCUT2D eigenvalue weighted by atomic mass is 31.0. The lowest BCUT2D eigenvalue weighted by molar-refractivity contribution is -0.118. The first-order valence-corrected chi connectivity index (χ1v) is 10.1. The van der Waals surface area contributed by atoms with E-state index in [9.17, 15) is 9.90 Å². The second-order valence-corrected chi connectivity index (χ2v) is 10.6. The van der Waals surface area contributed by atoms with E-state index >= 15 is 0 Å². The fourth-order valence-corrected chi connectivity index (χ4v) is 7.28. The third-order valence-electron chi connectivity index (χ3n) is 6.96. The molecule has 4 N–H and O–H groups in total. The molecule has 2 unspecified atom stereocenters. The molecule has 0 amide bonds. The standard InChI is InChI=1S/C16H31N5O2P2/c1-13(23)6-15(17-2)9-21(25)10-16(15,7-13)19-18-14-4-12(22)3-11(14)5-20(24)8-14/h11,17-19,23H,3-10,24-25H2,1-2H3/t11-,13+,14-,15-,16+/m1/s1. The summed E-state index contributed by atoms with van der Waals surface area (Å²) >= 11 is 0. The van der Waals surface area contributed by atoms with Crippen LogP contribution in [0.25, 0.3) is 0 Å². The molecule has 0 bridgehead atoms. The van der Waals surface area contributed by atoms with Gasteiger partial charge in [-0.1, -0.05) is 18.8 Å². The number of rotatable bonds is 4. The van der Waals surface area contributed by atoms with Gasteiger partial charge in [-0.3, -0.25) is 14.1 Å². The summed E-state index contributed by atoms with van der Waals surface area (Å²) in [6, 6.07) is 0. The minimum Gasteiger partial charge on any atom is -0.390 e. The second kappa shape index (κ2) is 5.89. The van der Waals surface area contributed by atoms with E-state index in [-0.39, 0.29) is 16.6 Å². The molecule has 0 aromatic carbocycles. The van der Waals surface area contributed by atoms with E-state index in [1.807, 2.05) is 14.0 Å². The summed E-state index contributed by atoms with van der Waals surface area (Å²) in [5.74, 6) is 0.702. The maximum Gasteiger partial charge on any atom is 0.135 e. The highest BCUT2D eigenvalue weighted by Crippen LogP contribution is 2.50. The van der Waals surface area contributed by atoms with E-state index in [4.69, 9.17) is 0 Å². The predicted octanol–water partition coefficient (Wildman–Crippen LogP) is -0.748. The first-order chi connectivity index (χ1) is 11.6. The predicted molar refractivity (Wildman–Crippen MR) is 104 cm³/mol. The number of ketones is 1. The molecule has 0 radical (unpaired) electrons. The van der Waals surface area contributed by atoms with Crippen molar-refractivity contribution in [2.75, 3.05) is 33.2 Å². The van der Waals surface area contributed by atoms with Crippen LogP contribution >= 0.6 is 18.8 Å². The van der Waals surface area contributed by atoms with Crippen LogP contribution in [-0.4, -0.2) is 75.7 Å². The fourth-order valence-electron chi connectivity index (χ4n) is 6.08. The molecular formula is C16H31N5O2P2. The molecule has 4 aliphatic rings. The Balaban J connectivity index is 1.59. The zero-order chi connectivity index (χ0) is 18.1. The summed E-state index contributed by atoms with van der Waals surface area (Å²) in [5, 5.41) is 14.3. The lowest BCUT2D eigenvalue weighted by Crippen LogP contribution is -2.71. The Bertz CT molecular complexity index is 593. The summed E-state index contributed by atoms with van der Waals surface area (Å²) < 4.78 is 4.47. The van der Waals surface area contributed by atoms with Crippen molar-refractivity contribution in [2.45, 2.75) is 54.8 Å². The van der Waals surface area contributed by atoms with Crippen LogP contribution in [0.15, 0.2) is 0 Å². The van der Waals surface area contributed by atoms with Crippen molar-refractivity contribution in [3.8, 4) is 0 Å². The summed E-state index contributed by atoms with van der Waals surface area (Å²) in [6.07, 6.45) is 2.63. The smallest absolute Gasteiger partial charge is 0.135 e. The summed E-state index contributed by atoms with van der Waals surface area (Å²) in [4.78, 5) is 12.1. The molecule has 7 nitrogen and oxygen atoms in total.